The van der Waals surface area contributed by atoms with Gasteiger partial charge in [0.25, 0.3) is 0 Å². The summed E-state index contributed by atoms with van der Waals surface area (Å²) in [6, 6.07) is 0. The minimum absolute atomic E-state index is 0.168. The van der Waals surface area contributed by atoms with Gasteiger partial charge in [-0.05, 0) is 104 Å². The van der Waals surface area contributed by atoms with Gasteiger partial charge in [-0.15, -0.1) is 0 Å². The molecule has 8 fully saturated rings. The van der Waals surface area contributed by atoms with Crippen LogP contribution in [-0.2, 0) is 28.4 Å². The zero-order valence-electron chi connectivity index (χ0n) is 31.2. The SMILES string of the molecule is C[C@H]1CC[C@@]2(OC1)O[C@H]1C[C@H]3[C@@H]4CC[C@@H]5C[C@@H](OC6OC(CO)C(O)C(O)C6OC6OC(CO)C(O)C(O)C6O)CC[C@]5(C)[C@H]4CC[C@]3(C)[C@H]1[C@@H]2C. The van der Waals surface area contributed by atoms with Gasteiger partial charge < -0.3 is 64.2 Å². The predicted molar refractivity (Wildman–Crippen MR) is 183 cm³/mol. The van der Waals surface area contributed by atoms with Gasteiger partial charge in [0.05, 0.1) is 32.0 Å². The molecular weight excluding hydrogens is 676 g/mol. The van der Waals surface area contributed by atoms with Crippen LogP contribution in [0.4, 0.5) is 0 Å². The zero-order valence-corrected chi connectivity index (χ0v) is 31.2. The van der Waals surface area contributed by atoms with Crippen molar-refractivity contribution < 1.29 is 64.2 Å². The first kappa shape index (κ1) is 38.4. The lowest BCUT2D eigenvalue weighted by atomic mass is 9.44. The van der Waals surface area contributed by atoms with Crippen LogP contribution < -0.4 is 0 Å². The number of rotatable bonds is 6. The first-order valence-corrected chi connectivity index (χ1v) is 20.3. The molecule has 0 radical (unpaired) electrons. The number of hydrogen-bond acceptors (Lipinski definition) is 13. The molecule has 4 aliphatic carbocycles. The normalized spacial score (nSPS) is 59.0. The van der Waals surface area contributed by atoms with Crippen LogP contribution in [0.15, 0.2) is 0 Å². The molecule has 4 saturated heterocycles. The van der Waals surface area contributed by atoms with Crippen molar-refractivity contribution in [3.05, 3.63) is 0 Å². The number of aliphatic hydroxyl groups excluding tert-OH is 7. The summed E-state index contributed by atoms with van der Waals surface area (Å²) in [5.74, 6) is 3.51. The summed E-state index contributed by atoms with van der Waals surface area (Å²) in [7, 11) is 0. The van der Waals surface area contributed by atoms with Crippen LogP contribution in [0.1, 0.15) is 91.9 Å². The van der Waals surface area contributed by atoms with E-state index in [0.29, 0.717) is 41.4 Å². The van der Waals surface area contributed by atoms with Crippen molar-refractivity contribution in [2.75, 3.05) is 19.8 Å². The molecule has 0 aromatic rings. The van der Waals surface area contributed by atoms with Crippen LogP contribution in [0, 0.1) is 52.3 Å². The Labute approximate surface area is 307 Å². The molecule has 4 heterocycles. The molecule has 7 N–H and O–H groups in total. The van der Waals surface area contributed by atoms with Crippen molar-refractivity contribution >= 4 is 0 Å². The van der Waals surface area contributed by atoms with Gasteiger partial charge in [-0.2, -0.15) is 0 Å². The minimum Gasteiger partial charge on any atom is -0.394 e. The molecule has 0 bridgehead atoms. The molecule has 22 atom stereocenters. The standard InChI is InChI=1S/C39H64O13/c1-18-7-12-39(47-17-18)19(2)28-25(52-39)14-24-22-6-5-20-13-21(8-10-37(20,3)23(22)9-11-38(24,28)4)48-36-34(32(45)30(43)27(16-41)50-36)51-35-33(46)31(44)29(42)26(15-40)49-35/h18-36,40-46H,5-17H2,1-4H3/t18-,19-,20+,21-,22+,23-,24-,25-,26?,27?,28-,29?,30?,31?,32?,33?,34?,35?,36?,37-,38-,39+/m0/s1. The molecule has 4 aliphatic heterocycles. The van der Waals surface area contributed by atoms with E-state index >= 15 is 0 Å². The van der Waals surface area contributed by atoms with E-state index in [1.165, 1.54) is 25.7 Å². The van der Waals surface area contributed by atoms with E-state index in [9.17, 15) is 35.7 Å². The topological polar surface area (TPSA) is 197 Å². The van der Waals surface area contributed by atoms with Crippen LogP contribution in [-0.4, -0.2) is 135 Å². The van der Waals surface area contributed by atoms with Crippen molar-refractivity contribution in [1.82, 2.24) is 0 Å². The lowest BCUT2D eigenvalue weighted by Crippen LogP contribution is -2.65. The van der Waals surface area contributed by atoms with Gasteiger partial charge in [0.1, 0.15) is 48.8 Å². The highest BCUT2D eigenvalue weighted by atomic mass is 16.8. The summed E-state index contributed by atoms with van der Waals surface area (Å²) in [5, 5.41) is 72.7. The Kier molecular flexibility index (Phi) is 10.4. The van der Waals surface area contributed by atoms with E-state index in [-0.39, 0.29) is 23.0 Å². The smallest absolute Gasteiger partial charge is 0.187 e. The van der Waals surface area contributed by atoms with E-state index < -0.39 is 80.4 Å². The average Bonchev–Trinajstić information content (AvgIpc) is 3.58. The summed E-state index contributed by atoms with van der Waals surface area (Å²) in [6.45, 7) is 9.33. The first-order valence-electron chi connectivity index (χ1n) is 20.3. The fourth-order valence-corrected chi connectivity index (χ4v) is 13.2. The summed E-state index contributed by atoms with van der Waals surface area (Å²) in [6.07, 6.45) is -3.88. The maximum absolute atomic E-state index is 11.1. The molecule has 298 valence electrons. The average molecular weight is 741 g/mol. The van der Waals surface area contributed by atoms with Gasteiger partial charge in [0, 0.05) is 12.3 Å². The Morgan fingerprint density at radius 1 is 0.673 bits per heavy atom. The van der Waals surface area contributed by atoms with Crippen LogP contribution in [0.2, 0.25) is 0 Å². The van der Waals surface area contributed by atoms with E-state index in [4.69, 9.17) is 28.4 Å². The number of aliphatic hydroxyl groups is 7. The quantitative estimate of drug-likeness (QED) is 0.194. The third-order valence-corrected chi connectivity index (χ3v) is 16.2. The molecule has 8 aliphatic rings. The third-order valence-electron chi connectivity index (χ3n) is 16.2. The van der Waals surface area contributed by atoms with Crippen molar-refractivity contribution in [3.8, 4) is 0 Å². The Balaban J connectivity index is 0.942. The van der Waals surface area contributed by atoms with Crippen molar-refractivity contribution in [2.45, 2.75) is 171 Å². The van der Waals surface area contributed by atoms with Crippen molar-refractivity contribution in [1.29, 1.82) is 0 Å². The Morgan fingerprint density at radius 3 is 2.06 bits per heavy atom. The fourth-order valence-electron chi connectivity index (χ4n) is 13.2. The van der Waals surface area contributed by atoms with Crippen LogP contribution in [0.5, 0.6) is 0 Å². The number of hydrogen-bond donors (Lipinski definition) is 7. The Morgan fingerprint density at radius 2 is 1.37 bits per heavy atom. The predicted octanol–water partition coefficient (Wildman–Crippen LogP) is 1.44. The lowest BCUT2D eigenvalue weighted by molar-refractivity contribution is -0.373. The summed E-state index contributed by atoms with van der Waals surface area (Å²) in [5.41, 5.74) is 0.425. The van der Waals surface area contributed by atoms with E-state index in [2.05, 4.69) is 27.7 Å². The maximum Gasteiger partial charge on any atom is 0.187 e. The van der Waals surface area contributed by atoms with E-state index in [1.54, 1.807) is 0 Å². The molecule has 52 heavy (non-hydrogen) atoms. The second-order valence-corrected chi connectivity index (χ2v) is 18.7. The summed E-state index contributed by atoms with van der Waals surface area (Å²) >= 11 is 0. The first-order chi connectivity index (χ1) is 24.7. The molecule has 1 spiro atoms. The van der Waals surface area contributed by atoms with Gasteiger partial charge >= 0.3 is 0 Å². The highest BCUT2D eigenvalue weighted by Crippen LogP contribution is 2.71. The fraction of sp³-hybridized carbons (Fsp3) is 1.00. The Bertz CT molecular complexity index is 1260. The van der Waals surface area contributed by atoms with Crippen LogP contribution in [0.25, 0.3) is 0 Å². The van der Waals surface area contributed by atoms with Gasteiger partial charge in [-0.25, -0.2) is 0 Å². The zero-order chi connectivity index (χ0) is 36.9. The highest BCUT2D eigenvalue weighted by Gasteiger charge is 2.69. The minimum atomic E-state index is -1.71. The molecule has 4 saturated carbocycles. The van der Waals surface area contributed by atoms with Crippen LogP contribution >= 0.6 is 0 Å². The second-order valence-electron chi connectivity index (χ2n) is 18.7. The number of fused-ring (bicyclic) bond motifs is 7. The number of ether oxygens (including phenoxy) is 6. The maximum atomic E-state index is 11.1. The second kappa shape index (κ2) is 14.1. The highest BCUT2D eigenvalue weighted by molar-refractivity contribution is 5.15. The molecule has 0 aromatic heterocycles. The van der Waals surface area contributed by atoms with Gasteiger partial charge in [0.15, 0.2) is 18.4 Å². The van der Waals surface area contributed by atoms with Gasteiger partial charge in [-0.3, -0.25) is 0 Å². The van der Waals surface area contributed by atoms with Gasteiger partial charge in [0.2, 0.25) is 0 Å². The van der Waals surface area contributed by atoms with E-state index in [1.807, 2.05) is 0 Å². The molecule has 10 unspecified atom stereocenters. The molecule has 0 amide bonds. The van der Waals surface area contributed by atoms with Gasteiger partial charge in [-0.1, -0.05) is 27.7 Å². The van der Waals surface area contributed by atoms with E-state index in [0.717, 1.165) is 45.1 Å². The molecule has 13 heteroatoms. The van der Waals surface area contributed by atoms with Crippen molar-refractivity contribution in [2.24, 2.45) is 52.3 Å². The third kappa shape index (κ3) is 5.98. The molecule has 13 nitrogen and oxygen atoms in total. The summed E-state index contributed by atoms with van der Waals surface area (Å²) in [4.78, 5) is 0. The largest absolute Gasteiger partial charge is 0.394 e. The van der Waals surface area contributed by atoms with Crippen LogP contribution in [0.3, 0.4) is 0 Å². The molecule has 8 rings (SSSR count). The Hall–Kier alpha value is -0.520. The molecule has 0 aromatic carbocycles. The molecular formula is C39H64O13. The van der Waals surface area contributed by atoms with Crippen molar-refractivity contribution in [3.63, 3.8) is 0 Å². The summed E-state index contributed by atoms with van der Waals surface area (Å²) < 4.78 is 37.5. The lowest BCUT2D eigenvalue weighted by Gasteiger charge is -2.61. The monoisotopic (exact) mass is 740 g/mol.